The summed E-state index contributed by atoms with van der Waals surface area (Å²) in [7, 11) is -1.10. The Labute approximate surface area is 337 Å². The quantitative estimate of drug-likeness (QED) is 0.0456. The molecule has 4 heteroatoms. The Kier molecular flexibility index (Phi) is 34.4. The lowest BCUT2D eigenvalue weighted by Crippen LogP contribution is -2.15. The normalized spacial score (nSPS) is 12.2. The highest BCUT2D eigenvalue weighted by molar-refractivity contribution is 9.11. The number of halogens is 1. The zero-order valence-electron chi connectivity index (χ0n) is 34.7. The van der Waals surface area contributed by atoms with Crippen molar-refractivity contribution >= 4 is 46.7 Å². The van der Waals surface area contributed by atoms with Crippen molar-refractivity contribution in [3.8, 4) is 24.3 Å². The van der Waals surface area contributed by atoms with E-state index < -0.39 is 8.07 Å². The summed E-state index contributed by atoms with van der Waals surface area (Å²) in [5.74, 6) is 4.54. The second-order valence-electron chi connectivity index (χ2n) is 16.0. The number of hydrogen-bond acceptors (Lipinski definition) is 2. The summed E-state index contributed by atoms with van der Waals surface area (Å²) in [5.41, 5.74) is 2.74. The first kappa shape index (κ1) is 50.2. The van der Waals surface area contributed by atoms with Crippen LogP contribution in [0.5, 0.6) is 0 Å². The zero-order chi connectivity index (χ0) is 38.0. The number of rotatable bonds is 28. The smallest absolute Gasteiger partial charge is 0.128 e. The van der Waals surface area contributed by atoms with Gasteiger partial charge < -0.3 is 0 Å². The minimum Gasteiger partial charge on any atom is -0.135 e. The van der Waals surface area contributed by atoms with Gasteiger partial charge in [0, 0.05) is 9.75 Å². The molecule has 0 aliphatic rings. The minimum absolute atomic E-state index is 0.863. The molecule has 2 aromatic rings. The first-order valence-corrected chi connectivity index (χ1v) is 27.3. The lowest BCUT2D eigenvalue weighted by molar-refractivity contribution is 0.404. The van der Waals surface area contributed by atoms with E-state index in [-0.39, 0.29) is 0 Å². The third-order valence-corrected chi connectivity index (χ3v) is 13.3. The van der Waals surface area contributed by atoms with Crippen LogP contribution in [-0.2, 0) is 12.8 Å². The van der Waals surface area contributed by atoms with Gasteiger partial charge in [0.15, 0.2) is 0 Å². The van der Waals surface area contributed by atoms with E-state index in [0.717, 1.165) is 16.7 Å². The molecule has 0 nitrogen and oxygen atoms in total. The van der Waals surface area contributed by atoms with Crippen LogP contribution in [0.2, 0.25) is 19.6 Å². The molecule has 51 heavy (non-hydrogen) atoms. The molecule has 0 aliphatic carbocycles. The Morgan fingerprint density at radius 1 is 0.529 bits per heavy atom. The summed E-state index contributed by atoms with van der Waals surface area (Å²) in [6.45, 7) is 15.6. The monoisotopic (exact) mass is 816 g/mol. The van der Waals surface area contributed by atoms with Crippen molar-refractivity contribution in [1.82, 2.24) is 0 Å². The van der Waals surface area contributed by atoms with E-state index in [1.807, 2.05) is 22.7 Å². The van der Waals surface area contributed by atoms with E-state index in [1.54, 1.807) is 4.88 Å². The molecule has 2 atom stereocenters. The molecule has 0 saturated carbocycles. The highest BCUT2D eigenvalue weighted by Gasteiger charge is 2.13. The van der Waals surface area contributed by atoms with E-state index in [2.05, 4.69) is 99.0 Å². The fraction of sp³-hybridized carbons (Fsp3) is 0.745. The van der Waals surface area contributed by atoms with Gasteiger partial charge in [-0.3, -0.25) is 0 Å². The fourth-order valence-electron chi connectivity index (χ4n) is 6.44. The van der Waals surface area contributed by atoms with Crippen molar-refractivity contribution in [2.75, 3.05) is 0 Å². The van der Waals surface area contributed by atoms with Crippen molar-refractivity contribution in [3.05, 3.63) is 42.7 Å². The van der Waals surface area contributed by atoms with Crippen molar-refractivity contribution in [2.45, 2.75) is 214 Å². The fourth-order valence-corrected chi connectivity index (χ4v) is 8.97. The highest BCUT2D eigenvalue weighted by atomic mass is 79.9. The van der Waals surface area contributed by atoms with Crippen LogP contribution in [0.25, 0.3) is 0 Å². The summed E-state index contributed by atoms with van der Waals surface area (Å²) in [6.07, 6.45) is 47.0. The van der Waals surface area contributed by atoms with Gasteiger partial charge in [-0.15, -0.1) is 41.1 Å². The minimum atomic E-state index is -1.10. The molecule has 0 amide bonds. The molecule has 292 valence electrons. The third-order valence-electron chi connectivity index (χ3n) is 9.71. The van der Waals surface area contributed by atoms with Gasteiger partial charge in [0.1, 0.15) is 8.07 Å². The van der Waals surface area contributed by atoms with Crippen molar-refractivity contribution in [3.63, 3.8) is 0 Å². The molecular formula is C47H81BrS2Si. The van der Waals surface area contributed by atoms with Crippen LogP contribution >= 0.6 is 38.6 Å². The second kappa shape index (κ2) is 35.0. The molecule has 0 aromatic carbocycles. The van der Waals surface area contributed by atoms with E-state index in [4.69, 9.17) is 12.8 Å². The van der Waals surface area contributed by atoms with Gasteiger partial charge in [0.2, 0.25) is 0 Å². The molecule has 0 radical (unpaired) electrons. The largest absolute Gasteiger partial charge is 0.135 e. The van der Waals surface area contributed by atoms with E-state index in [9.17, 15) is 0 Å². The Morgan fingerprint density at radius 3 is 1.18 bits per heavy atom. The van der Waals surface area contributed by atoms with Gasteiger partial charge in [-0.1, -0.05) is 207 Å². The van der Waals surface area contributed by atoms with Crippen LogP contribution in [-0.4, -0.2) is 8.07 Å². The van der Waals surface area contributed by atoms with Gasteiger partial charge in [-0.2, -0.15) is 0 Å². The first-order valence-electron chi connectivity index (χ1n) is 21.4. The predicted octanol–water partition coefficient (Wildman–Crippen LogP) is 17.5. The maximum Gasteiger partial charge on any atom is 0.128 e. The summed E-state index contributed by atoms with van der Waals surface area (Å²) >= 11 is 7.35. The molecule has 2 aromatic heterocycles. The molecule has 0 bridgehead atoms. The van der Waals surface area contributed by atoms with Gasteiger partial charge in [0.05, 0.1) is 8.66 Å². The Morgan fingerprint density at radius 2 is 0.863 bits per heavy atom. The van der Waals surface area contributed by atoms with E-state index in [0.29, 0.717) is 0 Å². The second-order valence-corrected chi connectivity index (χ2v) is 24.5. The average Bonchev–Trinajstić information content (AvgIpc) is 3.75. The summed E-state index contributed by atoms with van der Waals surface area (Å²) in [5, 5.41) is 0. The summed E-state index contributed by atoms with van der Waals surface area (Å²) in [4.78, 5) is 4.15. The maximum atomic E-state index is 5.51. The lowest BCUT2D eigenvalue weighted by atomic mass is 9.91. The third kappa shape index (κ3) is 32.4. The van der Waals surface area contributed by atoms with Crippen LogP contribution in [0.3, 0.4) is 0 Å². The molecule has 2 unspecified atom stereocenters. The average molecular weight is 818 g/mol. The van der Waals surface area contributed by atoms with Crippen LogP contribution in [0.4, 0.5) is 0 Å². The molecule has 0 fully saturated rings. The highest BCUT2D eigenvalue weighted by Crippen LogP contribution is 2.29. The Bertz CT molecular complexity index is 1110. The van der Waals surface area contributed by atoms with Crippen molar-refractivity contribution in [2.24, 2.45) is 11.8 Å². The van der Waals surface area contributed by atoms with Gasteiger partial charge in [-0.05, 0) is 64.9 Å². The van der Waals surface area contributed by atoms with Crippen LogP contribution in [0, 0.1) is 36.1 Å². The molecule has 0 spiro atoms. The molecule has 2 heterocycles. The van der Waals surface area contributed by atoms with E-state index >= 15 is 0 Å². The first-order chi connectivity index (χ1) is 24.6. The number of thiophene rings is 2. The van der Waals surface area contributed by atoms with Crippen LogP contribution in [0.15, 0.2) is 28.1 Å². The van der Waals surface area contributed by atoms with Gasteiger partial charge in [0.25, 0.3) is 0 Å². The zero-order valence-corrected chi connectivity index (χ0v) is 38.9. The van der Waals surface area contributed by atoms with Crippen molar-refractivity contribution < 1.29 is 0 Å². The lowest BCUT2D eigenvalue weighted by Gasteiger charge is -2.16. The maximum absolute atomic E-state index is 5.51. The molecule has 2 rings (SSSR count). The van der Waals surface area contributed by atoms with Crippen LogP contribution < -0.4 is 0 Å². The predicted molar refractivity (Wildman–Crippen MR) is 244 cm³/mol. The summed E-state index contributed by atoms with van der Waals surface area (Å²) < 4.78 is 1.28. The van der Waals surface area contributed by atoms with Crippen LogP contribution in [0.1, 0.15) is 196 Å². The number of terminal acetylenes is 2. The SMILES string of the molecule is C#C[Si](C)(C)C.C#Cc1ccc(CC(CCCCCC)CCCCCCCC)s1.CCCCCCCCC(CCCCCC)Cc1ccc(Br)s1. The Hall–Kier alpha value is -0.783. The molecule has 0 aliphatic heterocycles. The van der Waals surface area contributed by atoms with Gasteiger partial charge >= 0.3 is 0 Å². The Balaban J connectivity index is 0.000000846. The molecule has 0 saturated heterocycles. The standard InChI is InChI=1S/C22H36S.C20H35BrS.C5H10Si/c1-4-7-9-11-12-14-16-20(15-13-10-8-5-2)19-22-18-17-21(6-3)23-22;1-3-5-7-9-10-12-14-18(13-11-8-6-4-2)17-19-15-16-20(21)22-19;1-5-6(2,3)4/h3,17-18,20H,4-5,7-16,19H2,1-2H3;15-16,18H,3-14,17H2,1-2H3;1H,2-4H3. The molecule has 0 N–H and O–H groups in total. The summed E-state index contributed by atoms with van der Waals surface area (Å²) in [6, 6.07) is 8.88. The van der Waals surface area contributed by atoms with E-state index in [1.165, 1.54) is 176 Å². The topological polar surface area (TPSA) is 0 Å². The number of unbranched alkanes of at least 4 members (excludes halogenated alkanes) is 16. The molecular weight excluding hydrogens is 737 g/mol. The number of hydrogen-bond donors (Lipinski definition) is 0. The van der Waals surface area contributed by atoms with Gasteiger partial charge in [-0.25, -0.2) is 0 Å². The van der Waals surface area contributed by atoms with Crippen molar-refractivity contribution in [1.29, 1.82) is 0 Å².